The number of hydrogen-bond donors (Lipinski definition) is 0. The Hall–Kier alpha value is -0.123. The summed E-state index contributed by atoms with van der Waals surface area (Å²) in [4.78, 5) is 0. The Balaban J connectivity index is 1.81. The van der Waals surface area contributed by atoms with E-state index in [1.54, 1.807) is 0 Å². The Labute approximate surface area is 106 Å². The molecular weight excluding hydrogens is 228 g/mol. The molecule has 2 saturated heterocycles. The molecule has 0 aromatic heterocycles. The molecule has 0 amide bonds. The van der Waals surface area contributed by atoms with Crippen molar-refractivity contribution in [2.24, 2.45) is 11.8 Å². The molecule has 0 aliphatic carbocycles. The molecule has 0 aromatic carbocycles. The average Bonchev–Trinajstić information content (AvgIpc) is 2.70. The van der Waals surface area contributed by atoms with Crippen LogP contribution < -0.4 is 0 Å². The molecule has 2 fully saturated rings. The Kier molecular flexibility index (Phi) is 4.45. The first-order valence-corrected chi connectivity index (χ1v) is 10.4. The van der Waals surface area contributed by atoms with Crippen molar-refractivity contribution >= 4 is 8.07 Å². The lowest BCUT2D eigenvalue weighted by molar-refractivity contribution is -0.151. The molecule has 3 atom stereocenters. The SMILES string of the molecule is C=CC[Si](C)(C)CCC1CO[C@H]2OCCC[C@@H]12. The third-order valence-corrected chi connectivity index (χ3v) is 7.32. The summed E-state index contributed by atoms with van der Waals surface area (Å²) in [5.74, 6) is 1.43. The van der Waals surface area contributed by atoms with Crippen molar-refractivity contribution < 1.29 is 9.47 Å². The Bertz CT molecular complexity index is 265. The van der Waals surface area contributed by atoms with Crippen LogP contribution in [0, 0.1) is 11.8 Å². The Morgan fingerprint density at radius 3 is 2.94 bits per heavy atom. The molecule has 2 heterocycles. The van der Waals surface area contributed by atoms with Gasteiger partial charge in [0, 0.05) is 12.5 Å². The number of rotatable bonds is 5. The molecule has 98 valence electrons. The smallest absolute Gasteiger partial charge is 0.160 e. The second-order valence-electron chi connectivity index (χ2n) is 6.33. The number of allylic oxidation sites excluding steroid dienone is 1. The van der Waals surface area contributed by atoms with Crippen LogP contribution in [0.25, 0.3) is 0 Å². The largest absolute Gasteiger partial charge is 0.352 e. The highest BCUT2D eigenvalue weighted by Crippen LogP contribution is 2.38. The summed E-state index contributed by atoms with van der Waals surface area (Å²) in [7, 11) is -1.04. The van der Waals surface area contributed by atoms with E-state index in [-0.39, 0.29) is 6.29 Å². The lowest BCUT2D eigenvalue weighted by Crippen LogP contribution is -2.30. The molecule has 0 N–H and O–H groups in total. The molecule has 0 radical (unpaired) electrons. The average molecular weight is 254 g/mol. The van der Waals surface area contributed by atoms with E-state index in [0.717, 1.165) is 19.1 Å². The van der Waals surface area contributed by atoms with Crippen LogP contribution in [0.15, 0.2) is 12.7 Å². The maximum absolute atomic E-state index is 5.77. The highest BCUT2D eigenvalue weighted by Gasteiger charge is 2.39. The fourth-order valence-electron chi connectivity index (χ4n) is 3.12. The summed E-state index contributed by atoms with van der Waals surface area (Å²) in [5.41, 5.74) is 0. The third-order valence-electron chi connectivity index (χ3n) is 4.28. The van der Waals surface area contributed by atoms with Crippen LogP contribution in [0.2, 0.25) is 25.2 Å². The van der Waals surface area contributed by atoms with E-state index in [4.69, 9.17) is 9.47 Å². The van der Waals surface area contributed by atoms with Crippen molar-refractivity contribution in [2.75, 3.05) is 13.2 Å². The van der Waals surface area contributed by atoms with Gasteiger partial charge in [0.25, 0.3) is 0 Å². The molecule has 0 saturated carbocycles. The summed E-state index contributed by atoms with van der Waals surface area (Å²) in [6.07, 6.45) is 6.08. The van der Waals surface area contributed by atoms with Gasteiger partial charge in [0.05, 0.1) is 14.7 Å². The molecule has 2 nitrogen and oxygen atoms in total. The van der Waals surface area contributed by atoms with Crippen molar-refractivity contribution in [1.82, 2.24) is 0 Å². The molecule has 17 heavy (non-hydrogen) atoms. The standard InChI is InChI=1S/C14H26O2Si/c1-4-9-17(2,3)10-7-12-11-16-14-13(12)6-5-8-15-14/h4,12-14H,1,5-11H2,2-3H3/t12?,13-,14+/m0/s1. The second-order valence-corrected chi connectivity index (χ2v) is 11.6. The monoisotopic (exact) mass is 254 g/mol. The first-order valence-electron chi connectivity index (χ1n) is 6.96. The lowest BCUT2D eigenvalue weighted by Gasteiger charge is -2.29. The van der Waals surface area contributed by atoms with Gasteiger partial charge in [-0.2, -0.15) is 0 Å². The maximum atomic E-state index is 5.77. The second kappa shape index (κ2) is 5.68. The number of hydrogen-bond acceptors (Lipinski definition) is 2. The van der Waals surface area contributed by atoms with E-state index >= 15 is 0 Å². The molecule has 1 unspecified atom stereocenters. The molecule has 0 spiro atoms. The summed E-state index contributed by atoms with van der Waals surface area (Å²) < 4.78 is 11.5. The van der Waals surface area contributed by atoms with Gasteiger partial charge in [0.2, 0.25) is 0 Å². The van der Waals surface area contributed by atoms with Crippen LogP contribution in [0.4, 0.5) is 0 Å². The minimum absolute atomic E-state index is 0.123. The van der Waals surface area contributed by atoms with Crippen molar-refractivity contribution in [3.8, 4) is 0 Å². The minimum Gasteiger partial charge on any atom is -0.352 e. The van der Waals surface area contributed by atoms with Gasteiger partial charge in [-0.15, -0.1) is 6.58 Å². The Morgan fingerprint density at radius 2 is 2.18 bits per heavy atom. The quantitative estimate of drug-likeness (QED) is 0.550. The van der Waals surface area contributed by atoms with E-state index in [1.165, 1.54) is 31.4 Å². The van der Waals surface area contributed by atoms with E-state index < -0.39 is 8.07 Å². The topological polar surface area (TPSA) is 18.5 Å². The van der Waals surface area contributed by atoms with Gasteiger partial charge in [-0.3, -0.25) is 0 Å². The van der Waals surface area contributed by atoms with Crippen LogP contribution in [0.5, 0.6) is 0 Å². The van der Waals surface area contributed by atoms with Crippen LogP contribution in [0.1, 0.15) is 19.3 Å². The highest BCUT2D eigenvalue weighted by molar-refractivity contribution is 6.77. The van der Waals surface area contributed by atoms with Gasteiger partial charge in [-0.25, -0.2) is 0 Å². The van der Waals surface area contributed by atoms with Gasteiger partial charge in [-0.1, -0.05) is 31.6 Å². The fourth-order valence-corrected chi connectivity index (χ4v) is 5.25. The maximum Gasteiger partial charge on any atom is 0.160 e. The van der Waals surface area contributed by atoms with Crippen molar-refractivity contribution in [3.63, 3.8) is 0 Å². The summed E-state index contributed by atoms with van der Waals surface area (Å²) in [5, 5.41) is 0. The predicted molar refractivity (Wildman–Crippen MR) is 73.8 cm³/mol. The highest BCUT2D eigenvalue weighted by atomic mass is 28.3. The third kappa shape index (κ3) is 3.43. The predicted octanol–water partition coefficient (Wildman–Crippen LogP) is 3.67. The van der Waals surface area contributed by atoms with E-state index in [9.17, 15) is 0 Å². The molecule has 0 bridgehead atoms. The van der Waals surface area contributed by atoms with Crippen LogP contribution >= 0.6 is 0 Å². The van der Waals surface area contributed by atoms with E-state index in [2.05, 4.69) is 25.7 Å². The number of fused-ring (bicyclic) bond motifs is 1. The summed E-state index contributed by atoms with van der Waals surface area (Å²) in [6.45, 7) is 10.6. The minimum atomic E-state index is -1.04. The first kappa shape index (κ1) is 13.3. The lowest BCUT2D eigenvalue weighted by atomic mass is 9.87. The number of ether oxygens (including phenoxy) is 2. The van der Waals surface area contributed by atoms with Gasteiger partial charge in [0.15, 0.2) is 6.29 Å². The fraction of sp³-hybridized carbons (Fsp3) is 0.857. The van der Waals surface area contributed by atoms with Gasteiger partial charge >= 0.3 is 0 Å². The molecule has 2 aliphatic rings. The van der Waals surface area contributed by atoms with Crippen LogP contribution in [-0.2, 0) is 9.47 Å². The molecule has 0 aromatic rings. The van der Waals surface area contributed by atoms with Gasteiger partial charge < -0.3 is 9.47 Å². The first-order chi connectivity index (χ1) is 8.12. The van der Waals surface area contributed by atoms with Crippen molar-refractivity contribution in [3.05, 3.63) is 12.7 Å². The normalized spacial score (nSPS) is 33.4. The Morgan fingerprint density at radius 1 is 1.35 bits per heavy atom. The molecule has 3 heteroatoms. The van der Waals surface area contributed by atoms with Crippen molar-refractivity contribution in [1.29, 1.82) is 0 Å². The molecule has 2 rings (SSSR count). The van der Waals surface area contributed by atoms with Crippen LogP contribution in [0.3, 0.4) is 0 Å². The van der Waals surface area contributed by atoms with Gasteiger partial charge in [-0.05, 0) is 24.8 Å². The zero-order chi connectivity index (χ0) is 12.3. The zero-order valence-electron chi connectivity index (χ0n) is 11.3. The van der Waals surface area contributed by atoms with Crippen molar-refractivity contribution in [2.45, 2.75) is 50.7 Å². The summed E-state index contributed by atoms with van der Waals surface area (Å²) >= 11 is 0. The van der Waals surface area contributed by atoms with Gasteiger partial charge in [0.1, 0.15) is 0 Å². The molecule has 2 aliphatic heterocycles. The molecular formula is C14H26O2Si. The van der Waals surface area contributed by atoms with E-state index in [1.807, 2.05) is 0 Å². The summed E-state index contributed by atoms with van der Waals surface area (Å²) in [6, 6.07) is 2.64. The zero-order valence-corrected chi connectivity index (χ0v) is 12.3. The van der Waals surface area contributed by atoms with Crippen LogP contribution in [-0.4, -0.2) is 27.6 Å². The van der Waals surface area contributed by atoms with E-state index in [0.29, 0.717) is 5.92 Å².